The normalized spacial score (nSPS) is 16.3. The van der Waals surface area contributed by atoms with Gasteiger partial charge in [0.15, 0.2) is 11.6 Å². The van der Waals surface area contributed by atoms with Crippen LogP contribution in [0, 0.1) is 5.82 Å². The Hall–Kier alpha value is -3.29. The molecule has 0 saturated carbocycles. The molecule has 0 spiro atoms. The highest BCUT2D eigenvalue weighted by molar-refractivity contribution is 5.81. The van der Waals surface area contributed by atoms with E-state index < -0.39 is 0 Å². The third kappa shape index (κ3) is 4.21. The lowest BCUT2D eigenvalue weighted by Crippen LogP contribution is -2.20. The molecule has 3 N–H and O–H groups in total. The highest BCUT2D eigenvalue weighted by atomic mass is 19.1. The van der Waals surface area contributed by atoms with Gasteiger partial charge in [-0.3, -0.25) is 0 Å². The average Bonchev–Trinajstić information content (AvgIpc) is 3.25. The van der Waals surface area contributed by atoms with Gasteiger partial charge >= 0.3 is 0 Å². The highest BCUT2D eigenvalue weighted by Gasteiger charge is 2.21. The third-order valence-electron chi connectivity index (χ3n) is 6.47. The molecule has 6 nitrogen and oxygen atoms in total. The zero-order valence-electron chi connectivity index (χ0n) is 19.1. The Labute approximate surface area is 193 Å². The summed E-state index contributed by atoms with van der Waals surface area (Å²) in [7, 11) is 3.69. The fourth-order valence-corrected chi connectivity index (χ4v) is 4.62. The molecule has 0 bridgehead atoms. The molecule has 0 atom stereocenters. The minimum atomic E-state index is -0.300. The molecule has 0 unspecified atom stereocenters. The first kappa shape index (κ1) is 21.6. The molecule has 3 heterocycles. The van der Waals surface area contributed by atoms with Crippen LogP contribution in [0.25, 0.3) is 33.9 Å². The van der Waals surface area contributed by atoms with Crippen LogP contribution in [0.3, 0.4) is 0 Å². The summed E-state index contributed by atoms with van der Waals surface area (Å²) in [6.07, 6.45) is 6.29. The predicted molar refractivity (Wildman–Crippen MR) is 132 cm³/mol. The maximum absolute atomic E-state index is 15.4. The Morgan fingerprint density at radius 2 is 1.45 bits per heavy atom. The number of anilines is 1. The van der Waals surface area contributed by atoms with Gasteiger partial charge in [-0.25, -0.2) is 4.39 Å². The zero-order valence-corrected chi connectivity index (χ0v) is 19.1. The van der Waals surface area contributed by atoms with E-state index in [0.717, 1.165) is 50.1 Å². The van der Waals surface area contributed by atoms with Gasteiger partial charge in [-0.15, -0.1) is 10.2 Å². The fraction of sp³-hybridized carbons (Fsp3) is 0.308. The van der Waals surface area contributed by atoms with Crippen LogP contribution in [-0.2, 0) is 7.05 Å². The van der Waals surface area contributed by atoms with E-state index in [1.54, 1.807) is 6.07 Å². The first-order chi connectivity index (χ1) is 16.2. The molecule has 2 aliphatic heterocycles. The van der Waals surface area contributed by atoms with Crippen LogP contribution in [0.15, 0.2) is 48.6 Å². The molecular weight excluding hydrogens is 415 g/mol. The van der Waals surface area contributed by atoms with Crippen molar-refractivity contribution < 1.29 is 4.39 Å². The molecule has 0 aliphatic carbocycles. The SMILES string of the molecule is CNc1cc(C2=CCNCC2)cc(F)c1-c1nnc(-c2ccc(C3=CCNCC3)cc2)n1C. The van der Waals surface area contributed by atoms with Crippen molar-refractivity contribution in [3.63, 3.8) is 0 Å². The van der Waals surface area contributed by atoms with Gasteiger partial charge in [0, 0.05) is 38.4 Å². The summed E-state index contributed by atoms with van der Waals surface area (Å²) in [6.45, 7) is 3.64. The Morgan fingerprint density at radius 3 is 2.06 bits per heavy atom. The van der Waals surface area contributed by atoms with E-state index in [9.17, 15) is 0 Å². The molecule has 5 rings (SSSR count). The Morgan fingerprint density at radius 1 is 0.848 bits per heavy atom. The maximum atomic E-state index is 15.4. The summed E-state index contributed by atoms with van der Waals surface area (Å²) in [6, 6.07) is 12.0. The van der Waals surface area contributed by atoms with Gasteiger partial charge in [0.2, 0.25) is 0 Å². The summed E-state index contributed by atoms with van der Waals surface area (Å²) < 4.78 is 17.3. The molecule has 2 aliphatic rings. The largest absolute Gasteiger partial charge is 0.387 e. The zero-order chi connectivity index (χ0) is 22.8. The van der Waals surface area contributed by atoms with Crippen molar-refractivity contribution in [1.82, 2.24) is 25.4 Å². The van der Waals surface area contributed by atoms with E-state index in [-0.39, 0.29) is 5.82 Å². The van der Waals surface area contributed by atoms with E-state index >= 15 is 4.39 Å². The molecular formula is C26H29FN6. The van der Waals surface area contributed by atoms with Crippen LogP contribution in [-0.4, -0.2) is 48.0 Å². The molecule has 3 aromatic rings. The maximum Gasteiger partial charge on any atom is 0.169 e. The van der Waals surface area contributed by atoms with E-state index in [1.807, 2.05) is 24.7 Å². The molecule has 33 heavy (non-hydrogen) atoms. The van der Waals surface area contributed by atoms with Crippen molar-refractivity contribution >= 4 is 16.8 Å². The van der Waals surface area contributed by atoms with Crippen molar-refractivity contribution in [1.29, 1.82) is 0 Å². The molecule has 0 fully saturated rings. The van der Waals surface area contributed by atoms with Gasteiger partial charge in [0.1, 0.15) is 5.82 Å². The van der Waals surface area contributed by atoms with E-state index in [4.69, 9.17) is 0 Å². The predicted octanol–water partition coefficient (Wildman–Crippen LogP) is 4.08. The minimum Gasteiger partial charge on any atom is -0.387 e. The smallest absolute Gasteiger partial charge is 0.169 e. The van der Waals surface area contributed by atoms with Crippen LogP contribution in [0.4, 0.5) is 10.1 Å². The molecule has 170 valence electrons. The first-order valence-electron chi connectivity index (χ1n) is 11.5. The topological polar surface area (TPSA) is 66.8 Å². The molecule has 0 saturated heterocycles. The summed E-state index contributed by atoms with van der Waals surface area (Å²) in [5, 5.41) is 18.6. The third-order valence-corrected chi connectivity index (χ3v) is 6.47. The van der Waals surface area contributed by atoms with E-state index in [2.05, 4.69) is 62.6 Å². The lowest BCUT2D eigenvalue weighted by atomic mass is 9.97. The van der Waals surface area contributed by atoms with Crippen molar-refractivity contribution in [3.8, 4) is 22.8 Å². The second kappa shape index (κ2) is 9.29. The van der Waals surface area contributed by atoms with Gasteiger partial charge in [-0.05, 0) is 60.3 Å². The monoisotopic (exact) mass is 444 g/mol. The van der Waals surface area contributed by atoms with Gasteiger partial charge in [-0.2, -0.15) is 0 Å². The first-order valence-corrected chi connectivity index (χ1v) is 11.5. The standard InChI is InChI=1S/C26H29FN6/c1-28-23-16-21(19-9-13-30-14-10-19)15-22(27)24(23)26-32-31-25(33(26)2)20-5-3-17(4-6-20)18-7-11-29-12-8-18/h3-7,9,15-16,28-30H,8,10-14H2,1-2H3. The van der Waals surface area contributed by atoms with Gasteiger partial charge in [-0.1, -0.05) is 36.4 Å². The number of nitrogens with one attached hydrogen (secondary N) is 3. The molecule has 1 aromatic heterocycles. The van der Waals surface area contributed by atoms with Gasteiger partial charge < -0.3 is 20.5 Å². The molecule has 0 radical (unpaired) electrons. The fourth-order valence-electron chi connectivity index (χ4n) is 4.62. The van der Waals surface area contributed by atoms with Gasteiger partial charge in [0.25, 0.3) is 0 Å². The molecule has 7 heteroatoms. The molecule has 2 aromatic carbocycles. The Balaban J connectivity index is 1.49. The van der Waals surface area contributed by atoms with Crippen LogP contribution in [0.1, 0.15) is 24.0 Å². The van der Waals surface area contributed by atoms with Crippen LogP contribution in [0.2, 0.25) is 0 Å². The summed E-state index contributed by atoms with van der Waals surface area (Å²) in [5.41, 5.74) is 6.77. The van der Waals surface area contributed by atoms with Crippen molar-refractivity contribution in [2.45, 2.75) is 12.8 Å². The number of hydrogen-bond acceptors (Lipinski definition) is 5. The quantitative estimate of drug-likeness (QED) is 0.553. The number of rotatable bonds is 5. The van der Waals surface area contributed by atoms with E-state index in [0.29, 0.717) is 22.9 Å². The van der Waals surface area contributed by atoms with Gasteiger partial charge in [0.05, 0.1) is 5.56 Å². The number of benzene rings is 2. The van der Waals surface area contributed by atoms with Crippen LogP contribution < -0.4 is 16.0 Å². The van der Waals surface area contributed by atoms with Crippen molar-refractivity contribution in [2.75, 3.05) is 38.5 Å². The lowest BCUT2D eigenvalue weighted by Gasteiger charge is -2.17. The van der Waals surface area contributed by atoms with Crippen molar-refractivity contribution in [2.24, 2.45) is 7.05 Å². The number of halogens is 1. The second-order valence-corrected chi connectivity index (χ2v) is 8.48. The van der Waals surface area contributed by atoms with Crippen LogP contribution >= 0.6 is 0 Å². The minimum absolute atomic E-state index is 0.300. The number of nitrogens with zero attached hydrogens (tertiary/aromatic N) is 3. The Kier molecular flexibility index (Phi) is 6.07. The summed E-state index contributed by atoms with van der Waals surface area (Å²) in [4.78, 5) is 0. The van der Waals surface area contributed by atoms with Crippen molar-refractivity contribution in [3.05, 3.63) is 65.5 Å². The highest BCUT2D eigenvalue weighted by Crippen LogP contribution is 2.35. The summed E-state index contributed by atoms with van der Waals surface area (Å²) >= 11 is 0. The number of aromatic nitrogens is 3. The Bertz CT molecular complexity index is 1220. The van der Waals surface area contributed by atoms with E-state index in [1.165, 1.54) is 16.7 Å². The summed E-state index contributed by atoms with van der Waals surface area (Å²) in [5.74, 6) is 0.914. The second-order valence-electron chi connectivity index (χ2n) is 8.48. The molecule has 0 amide bonds. The lowest BCUT2D eigenvalue weighted by molar-refractivity contribution is 0.628. The van der Waals surface area contributed by atoms with Crippen LogP contribution in [0.5, 0.6) is 0 Å². The average molecular weight is 445 g/mol. The number of hydrogen-bond donors (Lipinski definition) is 3.